The van der Waals surface area contributed by atoms with Gasteiger partial charge in [0.1, 0.15) is 0 Å². The lowest BCUT2D eigenvalue weighted by molar-refractivity contribution is 0.0304. The van der Waals surface area contributed by atoms with Crippen molar-refractivity contribution in [2.75, 3.05) is 12.4 Å². The van der Waals surface area contributed by atoms with E-state index in [0.717, 1.165) is 18.4 Å². The number of ether oxygens (including phenoxy) is 1. The Hall–Kier alpha value is -2.19. The van der Waals surface area contributed by atoms with Crippen molar-refractivity contribution in [2.24, 2.45) is 0 Å². The summed E-state index contributed by atoms with van der Waals surface area (Å²) in [4.78, 5) is 16.0. The summed E-state index contributed by atoms with van der Waals surface area (Å²) in [6, 6.07) is 6.43. The highest BCUT2D eigenvalue weighted by molar-refractivity contribution is 7.90. The average Bonchev–Trinajstić information content (AvgIpc) is 3.09. The molecule has 1 aliphatic heterocycles. The van der Waals surface area contributed by atoms with Crippen LogP contribution in [0.4, 0.5) is 0 Å². The summed E-state index contributed by atoms with van der Waals surface area (Å²) in [7, 11) is -3.73. The van der Waals surface area contributed by atoms with Crippen LogP contribution in [0.25, 0.3) is 11.3 Å². The first-order chi connectivity index (χ1) is 11.5. The van der Waals surface area contributed by atoms with Crippen molar-refractivity contribution in [2.45, 2.75) is 25.4 Å². The molecule has 1 atom stereocenters. The number of oxazole rings is 1. The minimum absolute atomic E-state index is 0.200. The highest BCUT2D eigenvalue weighted by atomic mass is 32.2. The number of nitrogens with zero attached hydrogens (tertiary/aromatic N) is 1. The van der Waals surface area contributed by atoms with Gasteiger partial charge in [-0.15, -0.1) is 0 Å². The summed E-state index contributed by atoms with van der Waals surface area (Å²) in [6.45, 7) is 0.567. The van der Waals surface area contributed by atoms with E-state index in [-0.39, 0.29) is 17.4 Å². The number of amides is 1. The van der Waals surface area contributed by atoms with Crippen molar-refractivity contribution in [3.63, 3.8) is 0 Å². The maximum Gasteiger partial charge on any atom is 0.264 e. The first kappa shape index (κ1) is 16.7. The van der Waals surface area contributed by atoms with Gasteiger partial charge in [-0.05, 0) is 31.4 Å². The third-order valence-corrected chi connectivity index (χ3v) is 5.10. The van der Waals surface area contributed by atoms with E-state index in [9.17, 15) is 13.2 Å². The molecule has 0 bridgehead atoms. The van der Waals surface area contributed by atoms with Crippen LogP contribution in [0.3, 0.4) is 0 Å². The second kappa shape index (κ2) is 7.14. The molecule has 8 heteroatoms. The summed E-state index contributed by atoms with van der Waals surface area (Å²) in [5, 5.41) is 0. The standard InChI is InChI=1S/C16H18N2O5S/c19-16(18-24(20,21)10-14-3-1-2-8-22-14)13-6-4-12(5-7-13)15-9-17-11-23-15/h4-7,9,11,14H,1-3,8,10H2,(H,18,19)/t14-/m0/s1. The zero-order valence-electron chi connectivity index (χ0n) is 13.0. The number of carbonyl (C=O) groups excluding carboxylic acids is 1. The predicted molar refractivity (Wildman–Crippen MR) is 86.8 cm³/mol. The average molecular weight is 350 g/mol. The molecule has 1 saturated heterocycles. The second-order valence-electron chi connectivity index (χ2n) is 5.64. The number of rotatable bonds is 5. The van der Waals surface area contributed by atoms with E-state index in [1.165, 1.54) is 6.39 Å². The Morgan fingerprint density at radius 2 is 2.04 bits per heavy atom. The minimum atomic E-state index is -3.73. The van der Waals surface area contributed by atoms with Gasteiger partial charge in [0.25, 0.3) is 5.91 Å². The van der Waals surface area contributed by atoms with E-state index >= 15 is 0 Å². The Labute approximate surface area is 140 Å². The Morgan fingerprint density at radius 1 is 1.25 bits per heavy atom. The zero-order valence-corrected chi connectivity index (χ0v) is 13.8. The van der Waals surface area contributed by atoms with Gasteiger partial charge in [0.15, 0.2) is 12.2 Å². The van der Waals surface area contributed by atoms with E-state index in [2.05, 4.69) is 9.71 Å². The number of nitrogens with one attached hydrogen (secondary N) is 1. The molecule has 1 aliphatic rings. The quantitative estimate of drug-likeness (QED) is 0.885. The van der Waals surface area contributed by atoms with Gasteiger partial charge in [-0.1, -0.05) is 12.1 Å². The summed E-state index contributed by atoms with van der Waals surface area (Å²) in [6.07, 6.45) is 5.11. The molecular weight excluding hydrogens is 332 g/mol. The van der Waals surface area contributed by atoms with E-state index < -0.39 is 15.9 Å². The van der Waals surface area contributed by atoms with Gasteiger partial charge in [-0.25, -0.2) is 18.1 Å². The number of sulfonamides is 1. The molecule has 0 aliphatic carbocycles. The topological polar surface area (TPSA) is 98.5 Å². The molecule has 0 radical (unpaired) electrons. The SMILES string of the molecule is O=C(NS(=O)(=O)C[C@@H]1CCCCO1)c1ccc(-c2cnco2)cc1. The van der Waals surface area contributed by atoms with Crippen molar-refractivity contribution in [3.05, 3.63) is 42.4 Å². The molecule has 0 spiro atoms. The maximum atomic E-state index is 12.1. The molecule has 2 heterocycles. The highest BCUT2D eigenvalue weighted by Gasteiger charge is 2.24. The van der Waals surface area contributed by atoms with Crippen LogP contribution < -0.4 is 4.72 Å². The predicted octanol–water partition coefficient (Wildman–Crippen LogP) is 1.97. The van der Waals surface area contributed by atoms with Gasteiger partial charge in [0.2, 0.25) is 10.0 Å². The third kappa shape index (κ3) is 4.21. The first-order valence-corrected chi connectivity index (χ1v) is 9.34. The van der Waals surface area contributed by atoms with Crippen molar-refractivity contribution >= 4 is 15.9 Å². The zero-order chi connectivity index (χ0) is 17.0. The molecule has 3 rings (SSSR count). The van der Waals surface area contributed by atoms with Gasteiger partial charge in [0.05, 0.1) is 18.1 Å². The molecule has 1 aromatic heterocycles. The molecule has 1 aromatic carbocycles. The summed E-state index contributed by atoms with van der Waals surface area (Å²) in [5.74, 6) is -0.284. The summed E-state index contributed by atoms with van der Waals surface area (Å²) >= 11 is 0. The fraction of sp³-hybridized carbons (Fsp3) is 0.375. The molecule has 7 nitrogen and oxygen atoms in total. The van der Waals surface area contributed by atoms with Crippen LogP contribution in [0, 0.1) is 0 Å². The molecule has 1 N–H and O–H groups in total. The molecule has 1 fully saturated rings. The van der Waals surface area contributed by atoms with Gasteiger partial charge in [0, 0.05) is 17.7 Å². The molecule has 0 saturated carbocycles. The van der Waals surface area contributed by atoms with Crippen LogP contribution >= 0.6 is 0 Å². The number of aromatic nitrogens is 1. The molecule has 0 unspecified atom stereocenters. The Morgan fingerprint density at radius 3 is 2.67 bits per heavy atom. The van der Waals surface area contributed by atoms with Crippen LogP contribution in [0.5, 0.6) is 0 Å². The Bertz CT molecular complexity index is 778. The van der Waals surface area contributed by atoms with Gasteiger partial charge >= 0.3 is 0 Å². The van der Waals surface area contributed by atoms with Crippen LogP contribution in [0.15, 0.2) is 41.3 Å². The molecule has 128 valence electrons. The van der Waals surface area contributed by atoms with Gasteiger partial charge in [-0.2, -0.15) is 0 Å². The molecule has 2 aromatic rings. The highest BCUT2D eigenvalue weighted by Crippen LogP contribution is 2.19. The fourth-order valence-corrected chi connectivity index (χ4v) is 3.81. The van der Waals surface area contributed by atoms with Crippen molar-refractivity contribution in [3.8, 4) is 11.3 Å². The molecule has 1 amide bonds. The number of hydrogen-bond acceptors (Lipinski definition) is 6. The number of benzene rings is 1. The number of hydrogen-bond donors (Lipinski definition) is 1. The lowest BCUT2D eigenvalue weighted by Crippen LogP contribution is -2.38. The van der Waals surface area contributed by atoms with Crippen LogP contribution in [0.2, 0.25) is 0 Å². The van der Waals surface area contributed by atoms with E-state index in [1.807, 2.05) is 0 Å². The molecular formula is C16H18N2O5S. The fourth-order valence-electron chi connectivity index (χ4n) is 2.57. The lowest BCUT2D eigenvalue weighted by Gasteiger charge is -2.22. The summed E-state index contributed by atoms with van der Waals surface area (Å²) in [5.41, 5.74) is 1.01. The maximum absolute atomic E-state index is 12.1. The van der Waals surface area contributed by atoms with E-state index in [0.29, 0.717) is 18.8 Å². The van der Waals surface area contributed by atoms with Crippen molar-refractivity contribution in [1.82, 2.24) is 9.71 Å². The number of carbonyl (C=O) groups is 1. The lowest BCUT2D eigenvalue weighted by atomic mass is 10.1. The van der Waals surface area contributed by atoms with Crippen LogP contribution in [0.1, 0.15) is 29.6 Å². The van der Waals surface area contributed by atoms with E-state index in [1.54, 1.807) is 30.5 Å². The van der Waals surface area contributed by atoms with Gasteiger partial charge in [-0.3, -0.25) is 4.79 Å². The summed E-state index contributed by atoms with van der Waals surface area (Å²) < 4.78 is 36.9. The largest absolute Gasteiger partial charge is 0.444 e. The minimum Gasteiger partial charge on any atom is -0.444 e. The van der Waals surface area contributed by atoms with E-state index in [4.69, 9.17) is 9.15 Å². The van der Waals surface area contributed by atoms with Crippen molar-refractivity contribution < 1.29 is 22.4 Å². The monoisotopic (exact) mass is 350 g/mol. The first-order valence-electron chi connectivity index (χ1n) is 7.69. The van der Waals surface area contributed by atoms with Crippen molar-refractivity contribution in [1.29, 1.82) is 0 Å². The van der Waals surface area contributed by atoms with Gasteiger partial charge < -0.3 is 9.15 Å². The second-order valence-corrected chi connectivity index (χ2v) is 7.41. The Kier molecular flexibility index (Phi) is 4.96. The smallest absolute Gasteiger partial charge is 0.264 e. The molecule has 24 heavy (non-hydrogen) atoms. The normalized spacial score (nSPS) is 18.2. The van der Waals surface area contributed by atoms with Crippen LogP contribution in [-0.2, 0) is 14.8 Å². The van der Waals surface area contributed by atoms with Crippen LogP contribution in [-0.4, -0.2) is 37.8 Å². The Balaban J connectivity index is 1.63. The third-order valence-electron chi connectivity index (χ3n) is 3.79.